The molecule has 0 unspecified atom stereocenters. The topological polar surface area (TPSA) is 26.0 Å². The second-order valence-electron chi connectivity index (χ2n) is 4.38. The molecule has 2 N–H and O–H groups in total. The number of hydrogen-bond acceptors (Lipinski definition) is 1. The molecule has 2 aromatic carbocycles. The van der Waals surface area contributed by atoms with Crippen LogP contribution in [-0.2, 0) is 6.42 Å². The first-order valence-corrected chi connectivity index (χ1v) is 5.92. The van der Waals surface area contributed by atoms with E-state index in [1.54, 1.807) is 18.2 Å². The molecule has 19 heavy (non-hydrogen) atoms. The van der Waals surface area contributed by atoms with E-state index in [2.05, 4.69) is 0 Å². The van der Waals surface area contributed by atoms with Gasteiger partial charge >= 0.3 is 6.18 Å². The summed E-state index contributed by atoms with van der Waals surface area (Å²) in [5.41, 5.74) is 7.01. The highest BCUT2D eigenvalue weighted by Crippen LogP contribution is 2.32. The first kappa shape index (κ1) is 13.6. The molecule has 1 nitrogen and oxygen atoms in total. The van der Waals surface area contributed by atoms with Gasteiger partial charge in [0.2, 0.25) is 0 Å². The van der Waals surface area contributed by atoms with Crippen molar-refractivity contribution < 1.29 is 13.2 Å². The van der Waals surface area contributed by atoms with Crippen molar-refractivity contribution in [2.45, 2.75) is 18.6 Å². The quantitative estimate of drug-likeness (QED) is 0.896. The van der Waals surface area contributed by atoms with Crippen LogP contribution in [0.1, 0.15) is 22.7 Å². The van der Waals surface area contributed by atoms with E-state index in [1.165, 1.54) is 6.07 Å². The third kappa shape index (κ3) is 3.35. The monoisotopic (exact) mass is 265 g/mol. The molecule has 2 aromatic rings. The maximum absolute atomic E-state index is 12.7. The van der Waals surface area contributed by atoms with Gasteiger partial charge in [0.05, 0.1) is 0 Å². The number of benzene rings is 2. The molecule has 0 fully saturated rings. The summed E-state index contributed by atoms with van der Waals surface area (Å²) in [7, 11) is 0. The molecular formula is C15H14F3N. The highest BCUT2D eigenvalue weighted by molar-refractivity contribution is 5.35. The van der Waals surface area contributed by atoms with Gasteiger partial charge in [0, 0.05) is 0 Å². The number of hydrogen-bond donors (Lipinski definition) is 1. The van der Waals surface area contributed by atoms with Gasteiger partial charge in [-0.2, -0.15) is 13.2 Å². The van der Waals surface area contributed by atoms with Crippen LogP contribution >= 0.6 is 0 Å². The second kappa shape index (κ2) is 5.45. The van der Waals surface area contributed by atoms with Crippen molar-refractivity contribution in [2.75, 3.05) is 0 Å². The highest BCUT2D eigenvalue weighted by Gasteiger charge is 2.38. The van der Waals surface area contributed by atoms with E-state index < -0.39 is 12.2 Å². The molecular weight excluding hydrogens is 251 g/mol. The summed E-state index contributed by atoms with van der Waals surface area (Å²) in [5, 5.41) is 0. The Labute approximate surface area is 109 Å². The van der Waals surface area contributed by atoms with Crippen molar-refractivity contribution in [1.29, 1.82) is 0 Å². The van der Waals surface area contributed by atoms with Crippen molar-refractivity contribution in [3.63, 3.8) is 0 Å². The zero-order valence-corrected chi connectivity index (χ0v) is 10.2. The molecule has 0 amide bonds. The van der Waals surface area contributed by atoms with Gasteiger partial charge in [-0.3, -0.25) is 0 Å². The lowest BCUT2D eigenvalue weighted by atomic mass is 9.95. The molecule has 2 rings (SSSR count). The minimum Gasteiger partial charge on any atom is -0.316 e. The van der Waals surface area contributed by atoms with Gasteiger partial charge in [-0.05, 0) is 23.1 Å². The van der Waals surface area contributed by atoms with Crippen LogP contribution in [0.25, 0.3) is 0 Å². The molecule has 100 valence electrons. The highest BCUT2D eigenvalue weighted by atomic mass is 19.4. The molecule has 4 heteroatoms. The SMILES string of the molecule is N[C@H](c1ccccc1Cc1ccccc1)C(F)(F)F. The fraction of sp³-hybridized carbons (Fsp3) is 0.200. The first-order valence-electron chi connectivity index (χ1n) is 5.92. The van der Waals surface area contributed by atoms with Gasteiger partial charge in [0.25, 0.3) is 0 Å². The number of nitrogens with two attached hydrogens (primary N) is 1. The van der Waals surface area contributed by atoms with Gasteiger partial charge in [0.1, 0.15) is 6.04 Å². The summed E-state index contributed by atoms with van der Waals surface area (Å²) in [6.07, 6.45) is -3.98. The van der Waals surface area contributed by atoms with Crippen molar-refractivity contribution in [3.05, 3.63) is 71.3 Å². The van der Waals surface area contributed by atoms with E-state index >= 15 is 0 Å². The van der Waals surface area contributed by atoms with Crippen LogP contribution in [0, 0.1) is 0 Å². The summed E-state index contributed by atoms with van der Waals surface area (Å²) < 4.78 is 38.2. The third-order valence-electron chi connectivity index (χ3n) is 2.98. The van der Waals surface area contributed by atoms with Crippen molar-refractivity contribution in [3.8, 4) is 0 Å². The predicted molar refractivity (Wildman–Crippen MR) is 68.7 cm³/mol. The third-order valence-corrected chi connectivity index (χ3v) is 2.98. The van der Waals surface area contributed by atoms with Crippen molar-refractivity contribution >= 4 is 0 Å². The van der Waals surface area contributed by atoms with E-state index in [0.717, 1.165) is 5.56 Å². The fourth-order valence-corrected chi connectivity index (χ4v) is 1.99. The lowest BCUT2D eigenvalue weighted by Crippen LogP contribution is -2.29. The first-order chi connectivity index (χ1) is 8.98. The summed E-state index contributed by atoms with van der Waals surface area (Å²) >= 11 is 0. The van der Waals surface area contributed by atoms with Crippen LogP contribution < -0.4 is 5.73 Å². The van der Waals surface area contributed by atoms with Crippen LogP contribution in [-0.4, -0.2) is 6.18 Å². The van der Waals surface area contributed by atoms with Gasteiger partial charge in [-0.1, -0.05) is 54.6 Å². The number of halogens is 3. The molecule has 0 heterocycles. The molecule has 0 bridgehead atoms. The minimum atomic E-state index is -4.42. The molecule has 1 atom stereocenters. The van der Waals surface area contributed by atoms with E-state index in [9.17, 15) is 13.2 Å². The van der Waals surface area contributed by atoms with Gasteiger partial charge < -0.3 is 5.73 Å². The van der Waals surface area contributed by atoms with Crippen molar-refractivity contribution in [1.82, 2.24) is 0 Å². The van der Waals surface area contributed by atoms with Crippen molar-refractivity contribution in [2.24, 2.45) is 5.73 Å². The molecule has 0 aliphatic rings. The predicted octanol–water partition coefficient (Wildman–Crippen LogP) is 3.84. The molecule has 0 aliphatic heterocycles. The van der Waals surface area contributed by atoms with Gasteiger partial charge in [-0.25, -0.2) is 0 Å². The Hall–Kier alpha value is -1.81. The average molecular weight is 265 g/mol. The Morgan fingerprint density at radius 1 is 0.895 bits per heavy atom. The zero-order chi connectivity index (χ0) is 13.9. The lowest BCUT2D eigenvalue weighted by molar-refractivity contribution is -0.149. The van der Waals surface area contributed by atoms with E-state index in [0.29, 0.717) is 12.0 Å². The van der Waals surface area contributed by atoms with Crippen LogP contribution in [0.2, 0.25) is 0 Å². The van der Waals surface area contributed by atoms with E-state index in [-0.39, 0.29) is 5.56 Å². The Morgan fingerprint density at radius 2 is 1.47 bits per heavy atom. The number of rotatable bonds is 3. The smallest absolute Gasteiger partial charge is 0.316 e. The minimum absolute atomic E-state index is 0.138. The van der Waals surface area contributed by atoms with Crippen LogP contribution in [0.5, 0.6) is 0 Å². The average Bonchev–Trinajstić information content (AvgIpc) is 2.39. The van der Waals surface area contributed by atoms with E-state index in [4.69, 9.17) is 5.73 Å². The normalized spacial score (nSPS) is 13.3. The molecule has 0 radical (unpaired) electrons. The standard InChI is InChI=1S/C15H14F3N/c16-15(17,18)14(19)13-9-5-4-8-12(13)10-11-6-2-1-3-7-11/h1-9,14H,10,19H2/t14-/m1/s1. The van der Waals surface area contributed by atoms with Crippen LogP contribution in [0.15, 0.2) is 54.6 Å². The largest absolute Gasteiger partial charge is 0.407 e. The Bertz CT molecular complexity index is 535. The summed E-state index contributed by atoms with van der Waals surface area (Å²) in [5.74, 6) is 0. The lowest BCUT2D eigenvalue weighted by Gasteiger charge is -2.19. The zero-order valence-electron chi connectivity index (χ0n) is 10.2. The molecule has 0 aliphatic carbocycles. The van der Waals surface area contributed by atoms with E-state index in [1.807, 2.05) is 30.3 Å². The maximum atomic E-state index is 12.7. The summed E-state index contributed by atoms with van der Waals surface area (Å²) in [4.78, 5) is 0. The maximum Gasteiger partial charge on any atom is 0.407 e. The molecule has 0 spiro atoms. The number of alkyl halides is 3. The summed E-state index contributed by atoms with van der Waals surface area (Å²) in [6, 6.07) is 13.9. The van der Waals surface area contributed by atoms with Crippen LogP contribution in [0.4, 0.5) is 13.2 Å². The van der Waals surface area contributed by atoms with Gasteiger partial charge in [0.15, 0.2) is 0 Å². The molecule has 0 aromatic heterocycles. The Morgan fingerprint density at radius 3 is 2.11 bits per heavy atom. The Kier molecular flexibility index (Phi) is 3.90. The Balaban J connectivity index is 2.32. The molecule has 0 saturated carbocycles. The molecule has 0 saturated heterocycles. The second-order valence-corrected chi connectivity index (χ2v) is 4.38. The fourth-order valence-electron chi connectivity index (χ4n) is 1.99. The summed E-state index contributed by atoms with van der Waals surface area (Å²) in [6.45, 7) is 0. The van der Waals surface area contributed by atoms with Crippen LogP contribution in [0.3, 0.4) is 0 Å². The van der Waals surface area contributed by atoms with Gasteiger partial charge in [-0.15, -0.1) is 0 Å².